The maximum Gasteiger partial charge on any atom is 0.170 e. The number of β-amino-alcohol motifs (C(OH)–C–C–N with tert-alkyl or cyclic N) is 1. The minimum Gasteiger partial charge on any atom is -0.395 e. The predicted octanol–water partition coefficient (Wildman–Crippen LogP) is 4.02. The van der Waals surface area contributed by atoms with E-state index in [1.165, 1.54) is 22.5 Å². The van der Waals surface area contributed by atoms with E-state index < -0.39 is 0 Å². The van der Waals surface area contributed by atoms with E-state index in [9.17, 15) is 5.11 Å². The van der Waals surface area contributed by atoms with Crippen LogP contribution in [0.5, 0.6) is 0 Å². The van der Waals surface area contributed by atoms with Crippen LogP contribution in [-0.2, 0) is 6.42 Å². The zero-order chi connectivity index (χ0) is 21.3. The molecule has 0 radical (unpaired) electrons. The fourth-order valence-electron chi connectivity index (χ4n) is 4.46. The molecule has 1 aliphatic heterocycles. The summed E-state index contributed by atoms with van der Waals surface area (Å²) in [7, 11) is 0. The molecule has 2 aromatic heterocycles. The van der Waals surface area contributed by atoms with E-state index >= 15 is 0 Å². The Balaban J connectivity index is 1.80. The highest BCUT2D eigenvalue weighted by Crippen LogP contribution is 2.41. The minimum atomic E-state index is -0.0679. The first-order valence-corrected chi connectivity index (χ1v) is 10.8. The molecule has 1 aliphatic rings. The molecule has 3 heterocycles. The van der Waals surface area contributed by atoms with Crippen molar-refractivity contribution in [3.8, 4) is 5.69 Å². The maximum atomic E-state index is 9.67. The monoisotopic (exact) mass is 420 g/mol. The second-order valence-electron chi connectivity index (χ2n) is 7.73. The molecule has 1 aromatic carbocycles. The van der Waals surface area contributed by atoms with E-state index in [2.05, 4.69) is 70.9 Å². The number of aromatic nitrogens is 2. The molecule has 2 atom stereocenters. The van der Waals surface area contributed by atoms with Crippen molar-refractivity contribution in [2.24, 2.45) is 0 Å². The van der Waals surface area contributed by atoms with Crippen molar-refractivity contribution in [3.05, 3.63) is 82.9 Å². The van der Waals surface area contributed by atoms with Crippen molar-refractivity contribution in [1.82, 2.24) is 19.8 Å². The smallest absolute Gasteiger partial charge is 0.170 e. The van der Waals surface area contributed by atoms with Crippen LogP contribution in [0.4, 0.5) is 0 Å². The standard InChI is InChI=1S/C24H28N4OS/c1-4-18-8-10-19(11-9-18)28-16(2)15-20(17(28)3)23-22(21-7-5-6-12-25-21)26-24(30)27(23)13-14-29/h5-12,15,22-23,29H,4,13-14H2,1-3H3,(H,26,30). The van der Waals surface area contributed by atoms with Gasteiger partial charge in [-0.25, -0.2) is 0 Å². The first-order chi connectivity index (χ1) is 14.5. The zero-order valence-corrected chi connectivity index (χ0v) is 18.5. The Kier molecular flexibility index (Phi) is 5.88. The van der Waals surface area contributed by atoms with Gasteiger partial charge in [0.2, 0.25) is 0 Å². The summed E-state index contributed by atoms with van der Waals surface area (Å²) in [5.41, 5.74) is 6.98. The van der Waals surface area contributed by atoms with E-state index in [1.54, 1.807) is 0 Å². The number of thiocarbonyl (C=S) groups is 1. The lowest BCUT2D eigenvalue weighted by atomic mass is 9.97. The largest absolute Gasteiger partial charge is 0.395 e. The Morgan fingerprint density at radius 3 is 2.53 bits per heavy atom. The number of benzene rings is 1. The van der Waals surface area contributed by atoms with Gasteiger partial charge >= 0.3 is 0 Å². The van der Waals surface area contributed by atoms with Gasteiger partial charge in [0.15, 0.2) is 5.11 Å². The van der Waals surface area contributed by atoms with Gasteiger partial charge in [-0.2, -0.15) is 0 Å². The van der Waals surface area contributed by atoms with Gasteiger partial charge in [0.25, 0.3) is 0 Å². The molecule has 0 spiro atoms. The number of nitrogens with zero attached hydrogens (tertiary/aromatic N) is 3. The molecule has 1 saturated heterocycles. The summed E-state index contributed by atoms with van der Waals surface area (Å²) >= 11 is 5.63. The average molecular weight is 421 g/mol. The molecule has 2 N–H and O–H groups in total. The number of nitrogens with one attached hydrogen (secondary N) is 1. The highest BCUT2D eigenvalue weighted by atomic mass is 32.1. The number of pyridine rings is 1. The number of rotatable bonds is 6. The fourth-order valence-corrected chi connectivity index (χ4v) is 4.79. The lowest BCUT2D eigenvalue weighted by Gasteiger charge is -2.27. The molecule has 30 heavy (non-hydrogen) atoms. The van der Waals surface area contributed by atoms with Crippen LogP contribution in [-0.4, -0.2) is 37.8 Å². The van der Waals surface area contributed by atoms with Crippen molar-refractivity contribution in [3.63, 3.8) is 0 Å². The van der Waals surface area contributed by atoms with Crippen LogP contribution in [0, 0.1) is 13.8 Å². The summed E-state index contributed by atoms with van der Waals surface area (Å²) in [6, 6.07) is 16.8. The quantitative estimate of drug-likeness (QED) is 0.590. The van der Waals surface area contributed by atoms with Crippen molar-refractivity contribution in [2.45, 2.75) is 39.3 Å². The second kappa shape index (κ2) is 8.58. The summed E-state index contributed by atoms with van der Waals surface area (Å²) < 4.78 is 2.29. The average Bonchev–Trinajstić information content (AvgIpc) is 3.24. The van der Waals surface area contributed by atoms with Gasteiger partial charge in [-0.1, -0.05) is 25.1 Å². The van der Waals surface area contributed by atoms with E-state index in [0.29, 0.717) is 11.7 Å². The third-order valence-corrected chi connectivity index (χ3v) is 6.28. The van der Waals surface area contributed by atoms with E-state index in [1.807, 2.05) is 24.4 Å². The Bertz CT molecular complexity index is 1030. The highest BCUT2D eigenvalue weighted by molar-refractivity contribution is 7.80. The van der Waals surface area contributed by atoms with Crippen molar-refractivity contribution >= 4 is 17.3 Å². The molecule has 156 valence electrons. The number of hydrogen-bond donors (Lipinski definition) is 2. The Labute approximate surface area is 183 Å². The lowest BCUT2D eigenvalue weighted by molar-refractivity contribution is 0.223. The molecular formula is C24H28N4OS. The van der Waals surface area contributed by atoms with Crippen LogP contribution in [0.15, 0.2) is 54.7 Å². The number of hydrogen-bond acceptors (Lipinski definition) is 3. The second-order valence-corrected chi connectivity index (χ2v) is 8.11. The van der Waals surface area contributed by atoms with Gasteiger partial charge in [0, 0.05) is 29.8 Å². The fraction of sp³-hybridized carbons (Fsp3) is 0.333. The Morgan fingerprint density at radius 2 is 1.90 bits per heavy atom. The third kappa shape index (κ3) is 3.61. The molecule has 0 bridgehead atoms. The van der Waals surface area contributed by atoms with Gasteiger partial charge in [-0.15, -0.1) is 0 Å². The molecule has 5 nitrogen and oxygen atoms in total. The summed E-state index contributed by atoms with van der Waals surface area (Å²) in [4.78, 5) is 6.67. The SMILES string of the molecule is CCc1ccc(-n2c(C)cc(C3C(c4ccccn4)NC(=S)N3CCO)c2C)cc1. The highest BCUT2D eigenvalue weighted by Gasteiger charge is 2.41. The van der Waals surface area contributed by atoms with Crippen molar-refractivity contribution in [2.75, 3.05) is 13.2 Å². The predicted molar refractivity (Wildman–Crippen MR) is 124 cm³/mol. The third-order valence-electron chi connectivity index (χ3n) is 5.93. The van der Waals surface area contributed by atoms with Crippen LogP contribution in [0.1, 0.15) is 47.2 Å². The van der Waals surface area contributed by atoms with Crippen LogP contribution in [0.3, 0.4) is 0 Å². The Morgan fingerprint density at radius 1 is 1.13 bits per heavy atom. The van der Waals surface area contributed by atoms with Gasteiger partial charge < -0.3 is 19.9 Å². The molecule has 6 heteroatoms. The molecule has 1 fully saturated rings. The van der Waals surface area contributed by atoms with E-state index in [-0.39, 0.29) is 18.7 Å². The van der Waals surface area contributed by atoms with Crippen LogP contribution < -0.4 is 5.32 Å². The van der Waals surface area contributed by atoms with E-state index in [4.69, 9.17) is 12.2 Å². The Hall–Kier alpha value is -2.70. The molecular weight excluding hydrogens is 392 g/mol. The van der Waals surface area contributed by atoms with Crippen molar-refractivity contribution < 1.29 is 5.11 Å². The van der Waals surface area contributed by atoms with Crippen LogP contribution in [0.2, 0.25) is 0 Å². The molecule has 0 saturated carbocycles. The molecule has 4 rings (SSSR count). The van der Waals surface area contributed by atoms with Crippen LogP contribution >= 0.6 is 12.2 Å². The summed E-state index contributed by atoms with van der Waals surface area (Å²) in [6.45, 7) is 6.99. The molecule has 3 aromatic rings. The molecule has 0 amide bonds. The maximum absolute atomic E-state index is 9.67. The molecule has 0 aliphatic carbocycles. The van der Waals surface area contributed by atoms with E-state index in [0.717, 1.165) is 17.8 Å². The first-order valence-electron chi connectivity index (χ1n) is 10.4. The normalized spacial score (nSPS) is 18.7. The topological polar surface area (TPSA) is 53.3 Å². The molecule has 2 unspecified atom stereocenters. The number of aliphatic hydroxyl groups is 1. The van der Waals surface area contributed by atoms with Crippen LogP contribution in [0.25, 0.3) is 5.69 Å². The van der Waals surface area contributed by atoms with Gasteiger partial charge in [-0.05, 0) is 73.9 Å². The summed E-state index contributed by atoms with van der Waals surface area (Å²) in [6.07, 6.45) is 2.84. The van der Waals surface area contributed by atoms with Gasteiger partial charge in [-0.3, -0.25) is 4.98 Å². The first kappa shape index (κ1) is 20.6. The lowest BCUT2D eigenvalue weighted by Crippen LogP contribution is -2.32. The zero-order valence-electron chi connectivity index (χ0n) is 17.7. The number of aliphatic hydroxyl groups excluding tert-OH is 1. The van der Waals surface area contributed by atoms with Gasteiger partial charge in [0.1, 0.15) is 0 Å². The minimum absolute atomic E-state index is 0.0329. The van der Waals surface area contributed by atoms with Crippen molar-refractivity contribution in [1.29, 1.82) is 0 Å². The summed E-state index contributed by atoms with van der Waals surface area (Å²) in [5, 5.41) is 13.8. The van der Waals surface area contributed by atoms with Gasteiger partial charge in [0.05, 0.1) is 24.4 Å². The summed E-state index contributed by atoms with van der Waals surface area (Å²) in [5.74, 6) is 0. The number of aryl methyl sites for hydroxylation is 2.